The van der Waals surface area contributed by atoms with E-state index in [9.17, 15) is 18.0 Å². The zero-order valence-electron chi connectivity index (χ0n) is 14.4. The predicted octanol–water partition coefficient (Wildman–Crippen LogP) is 2.94. The number of amides is 1. The second kappa shape index (κ2) is 7.97. The third-order valence-electron chi connectivity index (χ3n) is 3.88. The minimum Gasteiger partial charge on any atom is -0.452 e. The van der Waals surface area contributed by atoms with Crippen molar-refractivity contribution in [1.29, 1.82) is 0 Å². The van der Waals surface area contributed by atoms with Crippen LogP contribution in [0.2, 0.25) is 5.02 Å². The van der Waals surface area contributed by atoms with Crippen LogP contribution in [0, 0.1) is 0 Å². The van der Waals surface area contributed by atoms with Gasteiger partial charge in [-0.3, -0.25) is 4.79 Å². The second-order valence-corrected chi connectivity index (χ2v) is 7.81. The number of esters is 1. The van der Waals surface area contributed by atoms with Gasteiger partial charge < -0.3 is 10.1 Å². The van der Waals surface area contributed by atoms with Crippen molar-refractivity contribution in [3.8, 4) is 0 Å². The van der Waals surface area contributed by atoms with Gasteiger partial charge in [-0.25, -0.2) is 18.4 Å². The van der Waals surface area contributed by atoms with E-state index in [0.717, 1.165) is 16.8 Å². The van der Waals surface area contributed by atoms with Crippen molar-refractivity contribution in [1.82, 2.24) is 0 Å². The fourth-order valence-electron chi connectivity index (χ4n) is 2.57. The maximum atomic E-state index is 12.2. The average Bonchev–Trinajstić information content (AvgIpc) is 2.66. The average molecular weight is 419 g/mol. The van der Waals surface area contributed by atoms with Crippen molar-refractivity contribution in [3.05, 3.63) is 71.2 Å². The molecule has 0 aliphatic rings. The van der Waals surface area contributed by atoms with E-state index in [1.807, 2.05) is 30.3 Å². The first kappa shape index (κ1) is 19.8. The number of fused-ring (bicyclic) bond motifs is 1. The van der Waals surface area contributed by atoms with Crippen molar-refractivity contribution in [3.63, 3.8) is 0 Å². The Kier molecular flexibility index (Phi) is 5.64. The van der Waals surface area contributed by atoms with E-state index >= 15 is 0 Å². The van der Waals surface area contributed by atoms with Crippen LogP contribution in [-0.2, 0) is 19.6 Å². The van der Waals surface area contributed by atoms with Crippen molar-refractivity contribution in [2.24, 2.45) is 5.14 Å². The highest BCUT2D eigenvalue weighted by atomic mass is 35.5. The third-order valence-corrected chi connectivity index (χ3v) is 5.12. The van der Waals surface area contributed by atoms with E-state index in [4.69, 9.17) is 21.5 Å². The summed E-state index contributed by atoms with van der Waals surface area (Å²) >= 11 is 5.91. The minimum atomic E-state index is -4.01. The van der Waals surface area contributed by atoms with Gasteiger partial charge in [-0.2, -0.15) is 0 Å². The maximum Gasteiger partial charge on any atom is 0.340 e. The molecule has 0 saturated carbocycles. The van der Waals surface area contributed by atoms with Crippen LogP contribution >= 0.6 is 11.6 Å². The van der Waals surface area contributed by atoms with Gasteiger partial charge in [-0.1, -0.05) is 48.0 Å². The number of carbonyl (C=O) groups excluding carboxylic acids is 2. The Morgan fingerprint density at radius 3 is 2.50 bits per heavy atom. The van der Waals surface area contributed by atoms with Crippen molar-refractivity contribution in [2.45, 2.75) is 4.90 Å². The van der Waals surface area contributed by atoms with Crippen LogP contribution in [0.5, 0.6) is 0 Å². The fourth-order valence-corrected chi connectivity index (χ4v) is 3.30. The number of hydrogen-bond acceptors (Lipinski definition) is 5. The molecule has 28 heavy (non-hydrogen) atoms. The molecule has 0 fully saturated rings. The van der Waals surface area contributed by atoms with Gasteiger partial charge in [0.2, 0.25) is 10.0 Å². The van der Waals surface area contributed by atoms with E-state index in [1.165, 1.54) is 12.1 Å². The molecule has 3 aromatic carbocycles. The van der Waals surface area contributed by atoms with Crippen LogP contribution in [0.25, 0.3) is 10.8 Å². The van der Waals surface area contributed by atoms with Gasteiger partial charge in [0.25, 0.3) is 5.91 Å². The highest BCUT2D eigenvalue weighted by Crippen LogP contribution is 2.23. The second-order valence-electron chi connectivity index (χ2n) is 5.84. The van der Waals surface area contributed by atoms with Gasteiger partial charge in [0.05, 0.1) is 15.5 Å². The van der Waals surface area contributed by atoms with Crippen LogP contribution < -0.4 is 10.5 Å². The number of sulfonamides is 1. The lowest BCUT2D eigenvalue weighted by molar-refractivity contribution is -0.119. The zero-order valence-corrected chi connectivity index (χ0v) is 16.0. The van der Waals surface area contributed by atoms with Crippen molar-refractivity contribution < 1.29 is 22.7 Å². The Morgan fingerprint density at radius 2 is 1.75 bits per heavy atom. The van der Waals surface area contributed by atoms with Gasteiger partial charge in [0.1, 0.15) is 0 Å². The number of primary sulfonamides is 1. The first-order valence-corrected chi connectivity index (χ1v) is 9.95. The van der Waals surface area contributed by atoms with Crippen LogP contribution in [-0.4, -0.2) is 26.9 Å². The van der Waals surface area contributed by atoms with Crippen LogP contribution in [0.4, 0.5) is 5.69 Å². The molecule has 0 aliphatic carbocycles. The van der Waals surface area contributed by atoms with E-state index in [0.29, 0.717) is 5.69 Å². The zero-order chi connectivity index (χ0) is 20.3. The summed E-state index contributed by atoms with van der Waals surface area (Å²) in [6, 6.07) is 16.3. The number of nitrogens with two attached hydrogens (primary N) is 1. The molecule has 3 aromatic rings. The highest BCUT2D eigenvalue weighted by Gasteiger charge is 2.18. The number of halogens is 1. The molecule has 0 bridgehead atoms. The summed E-state index contributed by atoms with van der Waals surface area (Å²) in [5, 5.41) is 9.49. The SMILES string of the molecule is NS(=O)(=O)c1ccc(Cl)c(C(=O)OCC(=O)Nc2cccc3ccccc23)c1. The number of rotatable bonds is 5. The Balaban J connectivity index is 1.70. The third kappa shape index (κ3) is 4.48. The number of anilines is 1. The van der Waals surface area contributed by atoms with E-state index < -0.39 is 28.5 Å². The smallest absolute Gasteiger partial charge is 0.340 e. The molecule has 3 rings (SSSR count). The summed E-state index contributed by atoms with van der Waals surface area (Å²) in [6.45, 7) is -0.571. The summed E-state index contributed by atoms with van der Waals surface area (Å²) in [5.74, 6) is -1.49. The molecule has 0 spiro atoms. The summed E-state index contributed by atoms with van der Waals surface area (Å²) in [7, 11) is -4.01. The molecular formula is C19H15ClN2O5S. The van der Waals surface area contributed by atoms with E-state index in [2.05, 4.69) is 5.32 Å². The molecular weight excluding hydrogens is 404 g/mol. The lowest BCUT2D eigenvalue weighted by Gasteiger charge is -2.10. The number of hydrogen-bond donors (Lipinski definition) is 2. The molecule has 0 radical (unpaired) electrons. The lowest BCUT2D eigenvalue weighted by Crippen LogP contribution is -2.21. The number of benzene rings is 3. The number of nitrogens with one attached hydrogen (secondary N) is 1. The van der Waals surface area contributed by atoms with Gasteiger partial charge in [0, 0.05) is 11.1 Å². The molecule has 7 nitrogen and oxygen atoms in total. The van der Waals surface area contributed by atoms with Crippen LogP contribution in [0.1, 0.15) is 10.4 Å². The largest absolute Gasteiger partial charge is 0.452 e. The monoisotopic (exact) mass is 418 g/mol. The van der Waals surface area contributed by atoms with Crippen molar-refractivity contribution in [2.75, 3.05) is 11.9 Å². The Morgan fingerprint density at radius 1 is 1.04 bits per heavy atom. The van der Waals surface area contributed by atoms with Crippen molar-refractivity contribution >= 4 is 50.0 Å². The molecule has 0 aliphatic heterocycles. The Hall–Kier alpha value is -2.94. The standard InChI is InChI=1S/C19H15ClN2O5S/c20-16-9-8-13(28(21,25)26)10-15(16)19(24)27-11-18(23)22-17-7-3-5-12-4-1-2-6-14(12)17/h1-10H,11H2,(H,22,23)(H2,21,25,26). The maximum absolute atomic E-state index is 12.2. The molecule has 9 heteroatoms. The summed E-state index contributed by atoms with van der Waals surface area (Å²) in [4.78, 5) is 24.1. The molecule has 0 aromatic heterocycles. The predicted molar refractivity (Wildman–Crippen MR) is 106 cm³/mol. The van der Waals surface area contributed by atoms with E-state index in [1.54, 1.807) is 12.1 Å². The topological polar surface area (TPSA) is 116 Å². The van der Waals surface area contributed by atoms with Gasteiger partial charge in [-0.05, 0) is 29.7 Å². The molecule has 3 N–H and O–H groups in total. The van der Waals surface area contributed by atoms with Crippen LogP contribution in [0.3, 0.4) is 0 Å². The summed E-state index contributed by atoms with van der Waals surface area (Å²) < 4.78 is 27.8. The van der Waals surface area contributed by atoms with E-state index in [-0.39, 0.29) is 15.5 Å². The first-order valence-electron chi connectivity index (χ1n) is 8.03. The van der Waals surface area contributed by atoms with Gasteiger partial charge in [-0.15, -0.1) is 0 Å². The first-order chi connectivity index (χ1) is 13.3. The normalized spacial score (nSPS) is 11.2. The summed E-state index contributed by atoms with van der Waals surface area (Å²) in [6.07, 6.45) is 0. The quantitative estimate of drug-likeness (QED) is 0.618. The Labute approximate surface area is 166 Å². The molecule has 0 atom stereocenters. The lowest BCUT2D eigenvalue weighted by atomic mass is 10.1. The molecule has 1 amide bonds. The number of ether oxygens (including phenoxy) is 1. The Bertz CT molecular complexity index is 1170. The molecule has 0 unspecified atom stereocenters. The van der Waals surface area contributed by atoms with Gasteiger partial charge >= 0.3 is 5.97 Å². The summed E-state index contributed by atoms with van der Waals surface area (Å²) in [5.41, 5.74) is 0.375. The molecule has 0 heterocycles. The highest BCUT2D eigenvalue weighted by molar-refractivity contribution is 7.89. The number of carbonyl (C=O) groups is 2. The molecule has 0 saturated heterocycles. The fraction of sp³-hybridized carbons (Fsp3) is 0.0526. The minimum absolute atomic E-state index is 0.0214. The van der Waals surface area contributed by atoms with Crippen LogP contribution in [0.15, 0.2) is 65.6 Å². The van der Waals surface area contributed by atoms with Gasteiger partial charge in [0.15, 0.2) is 6.61 Å². The molecule has 144 valence electrons.